The lowest BCUT2D eigenvalue weighted by atomic mass is 10.2. The van der Waals surface area contributed by atoms with Crippen LogP contribution in [0.2, 0.25) is 0 Å². The van der Waals surface area contributed by atoms with Crippen molar-refractivity contribution in [3.63, 3.8) is 0 Å². The van der Waals surface area contributed by atoms with Gasteiger partial charge in [0.1, 0.15) is 0 Å². The molecule has 2 N–H and O–H groups in total. The summed E-state index contributed by atoms with van der Waals surface area (Å²) in [7, 11) is 0. The largest absolute Gasteiger partial charge is 0.346 e. The number of rotatable bonds is 2. The van der Waals surface area contributed by atoms with Crippen LogP contribution in [0.25, 0.3) is 10.9 Å². The molecule has 2 rings (SSSR count). The molecule has 0 amide bonds. The van der Waals surface area contributed by atoms with Gasteiger partial charge in [-0.15, -0.1) is 0 Å². The molecule has 1 aromatic carbocycles. The number of nitriles is 1. The third kappa shape index (κ3) is 1.36. The highest BCUT2D eigenvalue weighted by Gasteiger charge is 2.00. The van der Waals surface area contributed by atoms with Crippen LogP contribution in [0.15, 0.2) is 30.5 Å². The van der Waals surface area contributed by atoms with E-state index in [9.17, 15) is 0 Å². The molecule has 0 saturated heterocycles. The third-order valence-electron chi connectivity index (χ3n) is 2.27. The van der Waals surface area contributed by atoms with E-state index in [1.165, 1.54) is 0 Å². The molecule has 1 aromatic heterocycles. The summed E-state index contributed by atoms with van der Waals surface area (Å²) in [6.07, 6.45) is 2.00. The number of hydrogen-bond acceptors (Lipinski definition) is 2. The van der Waals surface area contributed by atoms with Gasteiger partial charge < -0.3 is 10.3 Å². The summed E-state index contributed by atoms with van der Waals surface area (Å²) in [5, 5.41) is 9.92. The van der Waals surface area contributed by atoms with E-state index in [2.05, 4.69) is 10.6 Å². The first-order valence-corrected chi connectivity index (χ1v) is 4.54. The van der Waals surface area contributed by atoms with Gasteiger partial charge in [-0.3, -0.25) is 0 Å². The summed E-state index contributed by atoms with van der Waals surface area (Å²) in [4.78, 5) is 0. The highest BCUT2D eigenvalue weighted by molar-refractivity contribution is 5.81. The maximum absolute atomic E-state index is 8.77. The predicted molar refractivity (Wildman–Crippen MR) is 55.7 cm³/mol. The molecular weight excluding hydrogens is 174 g/mol. The second-order valence-electron chi connectivity index (χ2n) is 3.18. The van der Waals surface area contributed by atoms with E-state index >= 15 is 0 Å². The zero-order valence-electron chi connectivity index (χ0n) is 7.77. The van der Waals surface area contributed by atoms with Gasteiger partial charge in [0.05, 0.1) is 11.6 Å². The number of hydrogen-bond donors (Lipinski definition) is 1. The van der Waals surface area contributed by atoms with Crippen LogP contribution in [0.4, 0.5) is 0 Å². The molecule has 3 heteroatoms. The Balaban J connectivity index is 2.59. The lowest BCUT2D eigenvalue weighted by molar-refractivity contribution is 0.735. The van der Waals surface area contributed by atoms with E-state index in [1.807, 2.05) is 30.5 Å². The molecule has 0 atom stereocenters. The van der Waals surface area contributed by atoms with Crippen molar-refractivity contribution in [1.29, 1.82) is 5.26 Å². The first kappa shape index (κ1) is 8.79. The van der Waals surface area contributed by atoms with Gasteiger partial charge in [0, 0.05) is 24.8 Å². The van der Waals surface area contributed by atoms with Gasteiger partial charge in [-0.1, -0.05) is 6.07 Å². The lowest BCUT2D eigenvalue weighted by Gasteiger charge is -2.02. The van der Waals surface area contributed by atoms with Gasteiger partial charge in [0.15, 0.2) is 0 Å². The van der Waals surface area contributed by atoms with Crippen LogP contribution in [0.3, 0.4) is 0 Å². The molecular formula is C11H11N3. The Bertz CT molecular complexity index is 491. The van der Waals surface area contributed by atoms with Gasteiger partial charge >= 0.3 is 0 Å². The fraction of sp³-hybridized carbons (Fsp3) is 0.182. The Morgan fingerprint density at radius 2 is 2.21 bits per heavy atom. The number of fused-ring (bicyclic) bond motifs is 1. The highest BCUT2D eigenvalue weighted by atomic mass is 15.0. The second kappa shape index (κ2) is 3.52. The predicted octanol–water partition coefficient (Wildman–Crippen LogP) is 1.47. The Morgan fingerprint density at radius 3 is 2.93 bits per heavy atom. The van der Waals surface area contributed by atoms with Crippen LogP contribution in [0.5, 0.6) is 0 Å². The fourth-order valence-electron chi connectivity index (χ4n) is 1.59. The second-order valence-corrected chi connectivity index (χ2v) is 3.18. The van der Waals surface area contributed by atoms with Gasteiger partial charge in [-0.2, -0.15) is 5.26 Å². The Morgan fingerprint density at radius 1 is 1.36 bits per heavy atom. The van der Waals surface area contributed by atoms with Crippen LogP contribution in [0.1, 0.15) is 5.56 Å². The molecule has 0 fully saturated rings. The molecule has 0 aliphatic heterocycles. The Labute approximate surface area is 82.4 Å². The average Bonchev–Trinajstić information content (AvgIpc) is 2.61. The normalized spacial score (nSPS) is 10.3. The molecule has 0 aliphatic rings. The monoisotopic (exact) mass is 185 g/mol. The van der Waals surface area contributed by atoms with E-state index in [1.54, 1.807) is 0 Å². The van der Waals surface area contributed by atoms with E-state index < -0.39 is 0 Å². The minimum atomic E-state index is 0.612. The van der Waals surface area contributed by atoms with Crippen molar-refractivity contribution < 1.29 is 0 Å². The fourth-order valence-corrected chi connectivity index (χ4v) is 1.59. The number of nitrogens with two attached hydrogens (primary N) is 1. The van der Waals surface area contributed by atoms with Gasteiger partial charge in [-0.05, 0) is 23.6 Å². The zero-order chi connectivity index (χ0) is 9.97. The van der Waals surface area contributed by atoms with Crippen LogP contribution >= 0.6 is 0 Å². The summed E-state index contributed by atoms with van der Waals surface area (Å²) in [5.41, 5.74) is 7.26. The quantitative estimate of drug-likeness (QED) is 0.770. The summed E-state index contributed by atoms with van der Waals surface area (Å²) in [6.45, 7) is 1.40. The molecule has 0 aliphatic carbocycles. The molecule has 70 valence electrons. The third-order valence-corrected chi connectivity index (χ3v) is 2.27. The molecule has 0 spiro atoms. The summed E-state index contributed by atoms with van der Waals surface area (Å²) in [5.74, 6) is 0. The molecule has 0 unspecified atom stereocenters. The Hall–Kier alpha value is -1.79. The number of benzene rings is 1. The first-order chi connectivity index (χ1) is 6.85. The highest BCUT2D eigenvalue weighted by Crippen LogP contribution is 2.16. The Kier molecular flexibility index (Phi) is 2.21. The van der Waals surface area contributed by atoms with Crippen molar-refractivity contribution >= 4 is 10.9 Å². The SMILES string of the molecule is N#Cc1ccc2ccn(CCN)c2c1. The van der Waals surface area contributed by atoms with Gasteiger partial charge in [0.2, 0.25) is 0 Å². The van der Waals surface area contributed by atoms with Crippen LogP contribution in [-0.4, -0.2) is 11.1 Å². The molecule has 3 nitrogen and oxygen atoms in total. The minimum Gasteiger partial charge on any atom is -0.346 e. The summed E-state index contributed by atoms with van der Waals surface area (Å²) < 4.78 is 2.07. The summed E-state index contributed by atoms with van der Waals surface area (Å²) >= 11 is 0. The zero-order valence-corrected chi connectivity index (χ0v) is 7.77. The van der Waals surface area contributed by atoms with Crippen molar-refractivity contribution in [2.45, 2.75) is 6.54 Å². The van der Waals surface area contributed by atoms with Crippen molar-refractivity contribution in [2.75, 3.05) is 6.54 Å². The molecule has 1 heterocycles. The van der Waals surface area contributed by atoms with Crippen LogP contribution in [0, 0.1) is 11.3 Å². The smallest absolute Gasteiger partial charge is 0.0992 e. The van der Waals surface area contributed by atoms with Crippen molar-refractivity contribution in [3.05, 3.63) is 36.0 Å². The maximum atomic E-state index is 8.77. The molecule has 0 radical (unpaired) electrons. The van der Waals surface area contributed by atoms with Crippen molar-refractivity contribution in [3.8, 4) is 6.07 Å². The number of nitrogens with zero attached hydrogens (tertiary/aromatic N) is 2. The lowest BCUT2D eigenvalue weighted by Crippen LogP contribution is -2.08. The summed E-state index contributed by atoms with van der Waals surface area (Å²) in [6, 6.07) is 9.85. The maximum Gasteiger partial charge on any atom is 0.0992 e. The number of aromatic nitrogens is 1. The average molecular weight is 185 g/mol. The molecule has 2 aromatic rings. The minimum absolute atomic E-state index is 0.612. The van der Waals surface area contributed by atoms with E-state index in [-0.39, 0.29) is 0 Å². The van der Waals surface area contributed by atoms with Crippen LogP contribution < -0.4 is 5.73 Å². The standard InChI is InChI=1S/C11H11N3/c12-4-6-14-5-3-10-2-1-9(8-13)7-11(10)14/h1-3,5,7H,4,6,12H2. The van der Waals surface area contributed by atoms with Crippen molar-refractivity contribution in [1.82, 2.24) is 4.57 Å². The van der Waals surface area contributed by atoms with E-state index in [4.69, 9.17) is 11.0 Å². The van der Waals surface area contributed by atoms with Crippen LogP contribution in [-0.2, 0) is 6.54 Å². The molecule has 0 saturated carbocycles. The van der Waals surface area contributed by atoms with Crippen molar-refractivity contribution in [2.24, 2.45) is 5.73 Å². The molecule has 14 heavy (non-hydrogen) atoms. The van der Waals surface area contributed by atoms with E-state index in [0.717, 1.165) is 17.4 Å². The van der Waals surface area contributed by atoms with E-state index in [0.29, 0.717) is 12.1 Å². The topological polar surface area (TPSA) is 54.7 Å². The first-order valence-electron chi connectivity index (χ1n) is 4.54. The molecule has 0 bridgehead atoms. The van der Waals surface area contributed by atoms with Gasteiger partial charge in [-0.25, -0.2) is 0 Å². The van der Waals surface area contributed by atoms with Gasteiger partial charge in [0.25, 0.3) is 0 Å².